The maximum absolute atomic E-state index is 12.0. The Morgan fingerprint density at radius 1 is 1.00 bits per heavy atom. The molecule has 1 aliphatic rings. The molecule has 0 atom stereocenters. The van der Waals surface area contributed by atoms with E-state index in [0.29, 0.717) is 16.7 Å². The number of rotatable bonds is 3. The van der Waals surface area contributed by atoms with Crippen LogP contribution in [0.3, 0.4) is 0 Å². The van der Waals surface area contributed by atoms with Crippen LogP contribution in [0.4, 0.5) is 0 Å². The lowest BCUT2D eigenvalue weighted by molar-refractivity contribution is 0.102. The lowest BCUT2D eigenvalue weighted by atomic mass is 10.2. The number of hydrogen-bond donors (Lipinski definition) is 0. The van der Waals surface area contributed by atoms with Gasteiger partial charge in [-0.2, -0.15) is 0 Å². The molecule has 1 aromatic carbocycles. The Morgan fingerprint density at radius 2 is 1.62 bits per heavy atom. The number of carbonyl (C=O) groups excluding carboxylic acids is 1. The second kappa shape index (κ2) is 6.09. The molecule has 0 spiro atoms. The normalized spacial score (nSPS) is 18.0. The van der Waals surface area contributed by atoms with E-state index in [-0.39, 0.29) is 0 Å². The average molecular weight is 235 g/mol. The molecule has 16 heavy (non-hydrogen) atoms. The van der Waals surface area contributed by atoms with E-state index in [0.717, 1.165) is 11.3 Å². The summed E-state index contributed by atoms with van der Waals surface area (Å²) in [5, 5.41) is 0. The Morgan fingerprint density at radius 3 is 2.25 bits per heavy atom. The summed E-state index contributed by atoms with van der Waals surface area (Å²) in [6, 6.07) is 9.73. The number of hydrogen-bond acceptors (Lipinski definition) is 1. The molecule has 0 N–H and O–H groups in total. The first kappa shape index (κ1) is 11.7. The summed E-state index contributed by atoms with van der Waals surface area (Å²) in [6.45, 7) is 0. The van der Waals surface area contributed by atoms with Gasteiger partial charge >= 0.3 is 0 Å². The Bertz CT molecular complexity index is 326. The fraction of sp³-hybridized carbons (Fsp3) is 0.500. The second-order valence-electron chi connectivity index (χ2n) is 4.37. The molecule has 1 aromatic rings. The summed E-state index contributed by atoms with van der Waals surface area (Å²) in [5.74, 6) is 3.67. The minimum Gasteiger partial charge on any atom is -0.289 e. The highest BCUT2D eigenvalue weighted by molar-refractivity contribution is 7.97. The van der Waals surface area contributed by atoms with Gasteiger partial charge < -0.3 is 0 Å². The third-order valence-corrected chi connectivity index (χ3v) is 5.45. The quantitative estimate of drug-likeness (QED) is 0.581. The third kappa shape index (κ3) is 3.38. The smallest absolute Gasteiger partial charge is 0.211 e. The lowest BCUT2D eigenvalue weighted by Crippen LogP contribution is -2.21. The standard InChI is InChI=1S/C14H19OS/c15-14(13-8-4-3-5-9-13)12-16-10-6-1-2-7-11-16/h3-5,8-9H,1-2,6-7,10-12H2/q+1. The molecule has 1 aliphatic heterocycles. The first-order valence-corrected chi connectivity index (χ1v) is 7.82. The zero-order valence-corrected chi connectivity index (χ0v) is 10.5. The molecule has 2 rings (SSSR count). The maximum atomic E-state index is 12.0. The van der Waals surface area contributed by atoms with Gasteiger partial charge in [-0.15, -0.1) is 0 Å². The van der Waals surface area contributed by atoms with Crippen molar-refractivity contribution in [2.45, 2.75) is 25.7 Å². The van der Waals surface area contributed by atoms with Crippen LogP contribution in [-0.4, -0.2) is 23.0 Å². The summed E-state index contributed by atoms with van der Waals surface area (Å²) in [6.07, 6.45) is 5.38. The van der Waals surface area contributed by atoms with Gasteiger partial charge in [-0.05, 0) is 36.6 Å². The minimum absolute atomic E-state index is 0.339. The summed E-state index contributed by atoms with van der Waals surface area (Å²) in [4.78, 5) is 12.0. The number of Topliss-reactive ketones (excluding diaryl/α,β-unsaturated/α-hetero) is 1. The molecule has 86 valence electrons. The molecular weight excluding hydrogens is 216 g/mol. The van der Waals surface area contributed by atoms with E-state index >= 15 is 0 Å². The van der Waals surface area contributed by atoms with Crippen LogP contribution in [0.1, 0.15) is 36.0 Å². The van der Waals surface area contributed by atoms with E-state index < -0.39 is 0 Å². The van der Waals surface area contributed by atoms with E-state index in [1.807, 2.05) is 30.3 Å². The second-order valence-corrected chi connectivity index (χ2v) is 6.70. The zero-order chi connectivity index (χ0) is 11.2. The molecular formula is C14H19OS+. The van der Waals surface area contributed by atoms with E-state index in [1.165, 1.54) is 37.2 Å². The highest BCUT2D eigenvalue weighted by atomic mass is 32.2. The summed E-state index contributed by atoms with van der Waals surface area (Å²) in [7, 11) is 0.358. The van der Waals surface area contributed by atoms with Gasteiger partial charge in [0.05, 0.1) is 0 Å². The molecule has 2 heteroatoms. The van der Waals surface area contributed by atoms with Crippen molar-refractivity contribution in [3.63, 3.8) is 0 Å². The van der Waals surface area contributed by atoms with Crippen LogP contribution in [0.5, 0.6) is 0 Å². The molecule has 0 unspecified atom stereocenters. The summed E-state index contributed by atoms with van der Waals surface area (Å²) < 4.78 is 0. The van der Waals surface area contributed by atoms with Gasteiger partial charge in [0.25, 0.3) is 0 Å². The third-order valence-electron chi connectivity index (χ3n) is 3.05. The van der Waals surface area contributed by atoms with Gasteiger partial charge in [0.1, 0.15) is 11.5 Å². The Labute approximate surface area is 101 Å². The van der Waals surface area contributed by atoms with Crippen LogP contribution in [0, 0.1) is 0 Å². The Balaban J connectivity index is 1.91. The van der Waals surface area contributed by atoms with E-state index in [1.54, 1.807) is 0 Å². The highest BCUT2D eigenvalue weighted by Gasteiger charge is 2.24. The first-order valence-electron chi connectivity index (χ1n) is 6.08. The van der Waals surface area contributed by atoms with Gasteiger partial charge in [0, 0.05) is 5.56 Å². The van der Waals surface area contributed by atoms with Crippen molar-refractivity contribution in [1.82, 2.24) is 0 Å². The van der Waals surface area contributed by atoms with Crippen LogP contribution in [0.2, 0.25) is 0 Å². The zero-order valence-electron chi connectivity index (χ0n) is 9.65. The summed E-state index contributed by atoms with van der Waals surface area (Å²) >= 11 is 0. The Kier molecular flexibility index (Phi) is 4.46. The molecule has 1 fully saturated rings. The predicted octanol–water partition coefficient (Wildman–Crippen LogP) is 3.06. The van der Waals surface area contributed by atoms with Crippen LogP contribution in [-0.2, 0) is 10.9 Å². The molecule has 1 nitrogen and oxygen atoms in total. The molecule has 0 radical (unpaired) electrons. The molecule has 0 bridgehead atoms. The van der Waals surface area contributed by atoms with Crippen molar-refractivity contribution < 1.29 is 4.79 Å². The van der Waals surface area contributed by atoms with Crippen molar-refractivity contribution in [3.8, 4) is 0 Å². The number of carbonyl (C=O) groups is 1. The van der Waals surface area contributed by atoms with Gasteiger partial charge in [-0.3, -0.25) is 4.79 Å². The van der Waals surface area contributed by atoms with Crippen LogP contribution >= 0.6 is 0 Å². The van der Waals surface area contributed by atoms with E-state index in [2.05, 4.69) is 0 Å². The highest BCUT2D eigenvalue weighted by Crippen LogP contribution is 2.15. The monoisotopic (exact) mass is 235 g/mol. The van der Waals surface area contributed by atoms with E-state index in [4.69, 9.17) is 0 Å². The van der Waals surface area contributed by atoms with Crippen LogP contribution < -0.4 is 0 Å². The van der Waals surface area contributed by atoms with Crippen LogP contribution in [0.15, 0.2) is 30.3 Å². The summed E-state index contributed by atoms with van der Waals surface area (Å²) in [5.41, 5.74) is 0.888. The predicted molar refractivity (Wildman–Crippen MR) is 71.2 cm³/mol. The SMILES string of the molecule is O=C(C[S+]1CCCCCC1)c1ccccc1. The van der Waals surface area contributed by atoms with Crippen molar-refractivity contribution in [2.24, 2.45) is 0 Å². The average Bonchev–Trinajstić information content (AvgIpc) is 2.59. The van der Waals surface area contributed by atoms with Gasteiger partial charge in [-0.1, -0.05) is 30.3 Å². The van der Waals surface area contributed by atoms with Crippen molar-refractivity contribution in [2.75, 3.05) is 17.3 Å². The van der Waals surface area contributed by atoms with Gasteiger partial charge in [-0.25, -0.2) is 0 Å². The van der Waals surface area contributed by atoms with Crippen molar-refractivity contribution in [1.29, 1.82) is 0 Å². The molecule has 0 aliphatic carbocycles. The molecule has 0 aromatic heterocycles. The lowest BCUT2D eigenvalue weighted by Gasteiger charge is -2.04. The Hall–Kier alpha value is -0.760. The van der Waals surface area contributed by atoms with Crippen molar-refractivity contribution in [3.05, 3.63) is 35.9 Å². The minimum atomic E-state index is 0.339. The van der Waals surface area contributed by atoms with Gasteiger partial charge in [0.2, 0.25) is 5.78 Å². The maximum Gasteiger partial charge on any atom is 0.211 e. The molecule has 1 saturated heterocycles. The fourth-order valence-corrected chi connectivity index (χ4v) is 4.36. The number of ketones is 1. The fourth-order valence-electron chi connectivity index (χ4n) is 2.11. The van der Waals surface area contributed by atoms with Gasteiger partial charge in [0.15, 0.2) is 5.75 Å². The topological polar surface area (TPSA) is 17.1 Å². The number of benzene rings is 1. The molecule has 0 amide bonds. The largest absolute Gasteiger partial charge is 0.289 e. The first-order chi connectivity index (χ1) is 7.86. The molecule has 0 saturated carbocycles. The van der Waals surface area contributed by atoms with E-state index in [9.17, 15) is 4.79 Å². The van der Waals surface area contributed by atoms with Crippen LogP contribution in [0.25, 0.3) is 0 Å². The molecule has 1 heterocycles. The van der Waals surface area contributed by atoms with Crippen molar-refractivity contribution >= 4 is 16.7 Å².